The molecule has 0 atom stereocenters. The van der Waals surface area contributed by atoms with Gasteiger partial charge in [0.1, 0.15) is 0 Å². The lowest BCUT2D eigenvalue weighted by Gasteiger charge is -2.15. The van der Waals surface area contributed by atoms with E-state index in [-0.39, 0.29) is 18.4 Å². The van der Waals surface area contributed by atoms with E-state index in [0.29, 0.717) is 39.4 Å². The number of halogens is 3. The monoisotopic (exact) mass is 679 g/mol. The van der Waals surface area contributed by atoms with Gasteiger partial charge in [-0.1, -0.05) is 15.9 Å². The number of rotatable bonds is 9. The molecule has 0 spiro atoms. The van der Waals surface area contributed by atoms with Crippen LogP contribution >= 0.6 is 47.8 Å². The summed E-state index contributed by atoms with van der Waals surface area (Å²) in [5.41, 5.74) is 6.52. The fraction of sp³-hybridized carbons (Fsp3) is 0.192. The van der Waals surface area contributed by atoms with Gasteiger partial charge in [-0.05, 0) is 118 Å². The van der Waals surface area contributed by atoms with Crippen LogP contribution in [-0.2, 0) is 4.79 Å². The van der Waals surface area contributed by atoms with Crippen LogP contribution in [0.2, 0.25) is 0 Å². The Kier molecular flexibility index (Phi) is 10.1. The Balaban J connectivity index is 1.67. The Labute approximate surface area is 235 Å². The van der Waals surface area contributed by atoms with Crippen LogP contribution in [0.1, 0.15) is 34.0 Å². The van der Waals surface area contributed by atoms with Crippen LogP contribution < -0.4 is 20.2 Å². The van der Waals surface area contributed by atoms with E-state index >= 15 is 0 Å². The van der Waals surface area contributed by atoms with Crippen molar-refractivity contribution in [3.8, 4) is 11.5 Å². The van der Waals surface area contributed by atoms with Gasteiger partial charge >= 0.3 is 0 Å². The van der Waals surface area contributed by atoms with Crippen molar-refractivity contribution in [1.29, 1.82) is 0 Å². The Morgan fingerprint density at radius 2 is 1.64 bits per heavy atom. The molecule has 0 aliphatic carbocycles. The molecular weight excluding hydrogens is 658 g/mol. The molecule has 3 rings (SSSR count). The maximum Gasteiger partial charge on any atom is 0.271 e. The number of hydrogen-bond acceptors (Lipinski definition) is 5. The van der Waals surface area contributed by atoms with Gasteiger partial charge in [0.2, 0.25) is 0 Å². The molecule has 2 N–H and O–H groups in total. The summed E-state index contributed by atoms with van der Waals surface area (Å²) in [5.74, 6) is 0.189. The molecule has 0 fully saturated rings. The predicted molar refractivity (Wildman–Crippen MR) is 152 cm³/mol. The van der Waals surface area contributed by atoms with Crippen LogP contribution in [0.3, 0.4) is 0 Å². The van der Waals surface area contributed by atoms with Crippen LogP contribution in [0, 0.1) is 13.8 Å². The molecule has 36 heavy (non-hydrogen) atoms. The highest BCUT2D eigenvalue weighted by atomic mass is 79.9. The second-order valence-corrected chi connectivity index (χ2v) is 10.3. The fourth-order valence-electron chi connectivity index (χ4n) is 3.10. The van der Waals surface area contributed by atoms with Gasteiger partial charge < -0.3 is 14.8 Å². The van der Waals surface area contributed by atoms with Crippen molar-refractivity contribution in [2.75, 3.05) is 18.5 Å². The lowest BCUT2D eigenvalue weighted by atomic mass is 10.1. The van der Waals surface area contributed by atoms with Crippen LogP contribution in [0.4, 0.5) is 5.69 Å². The first-order chi connectivity index (χ1) is 17.2. The van der Waals surface area contributed by atoms with Gasteiger partial charge in [0.25, 0.3) is 11.8 Å². The third-order valence-electron chi connectivity index (χ3n) is 5.02. The highest BCUT2D eigenvalue weighted by molar-refractivity contribution is 9.11. The van der Waals surface area contributed by atoms with E-state index in [9.17, 15) is 9.59 Å². The number of carbonyl (C=O) groups excluding carboxylic acids is 2. The Morgan fingerprint density at radius 3 is 2.33 bits per heavy atom. The molecule has 0 bridgehead atoms. The minimum absolute atomic E-state index is 0.214. The number of hydrazone groups is 1. The smallest absolute Gasteiger partial charge is 0.271 e. The number of ether oxygens (including phenoxy) is 2. The molecule has 0 aliphatic rings. The molecule has 0 aromatic heterocycles. The zero-order chi connectivity index (χ0) is 26.2. The Bertz CT molecular complexity index is 1290. The summed E-state index contributed by atoms with van der Waals surface area (Å²) in [6.07, 6.45) is 1.50. The van der Waals surface area contributed by atoms with Gasteiger partial charge in [-0.3, -0.25) is 9.59 Å². The summed E-state index contributed by atoms with van der Waals surface area (Å²) >= 11 is 10.3. The van der Waals surface area contributed by atoms with Crippen molar-refractivity contribution >= 4 is 71.5 Å². The molecule has 188 valence electrons. The summed E-state index contributed by atoms with van der Waals surface area (Å²) in [5, 5.41) is 6.89. The number of amides is 2. The van der Waals surface area contributed by atoms with Crippen molar-refractivity contribution in [2.45, 2.75) is 20.8 Å². The fourth-order valence-corrected chi connectivity index (χ4v) is 4.49. The summed E-state index contributed by atoms with van der Waals surface area (Å²) in [7, 11) is 0. The first kappa shape index (κ1) is 27.9. The second kappa shape index (κ2) is 13.0. The van der Waals surface area contributed by atoms with Gasteiger partial charge in [-0.25, -0.2) is 5.43 Å². The number of aryl methyl sites for hydroxylation is 2. The highest BCUT2D eigenvalue weighted by Crippen LogP contribution is 2.36. The van der Waals surface area contributed by atoms with E-state index < -0.39 is 0 Å². The number of hydrogen-bond donors (Lipinski definition) is 2. The standard InChI is InChI=1S/C26H24Br3N3O4/c1-4-35-23-12-17(13-30-32-26(34)18-5-7-19(27)8-6-18)11-21(29)25(23)36-14-24(33)31-22-10-16(3)15(2)9-20(22)28/h5-13H,4,14H2,1-3H3,(H,31,33)(H,32,34)/b30-13+. The van der Waals surface area contributed by atoms with E-state index in [4.69, 9.17) is 9.47 Å². The largest absolute Gasteiger partial charge is 0.490 e. The molecular formula is C26H24Br3N3O4. The molecule has 0 aliphatic heterocycles. The lowest BCUT2D eigenvalue weighted by Crippen LogP contribution is -2.21. The summed E-state index contributed by atoms with van der Waals surface area (Å²) < 4.78 is 13.8. The zero-order valence-electron chi connectivity index (χ0n) is 19.8. The molecule has 3 aromatic carbocycles. The maximum atomic E-state index is 12.5. The second-order valence-electron chi connectivity index (χ2n) is 7.72. The quantitative estimate of drug-likeness (QED) is 0.193. The van der Waals surface area contributed by atoms with Crippen LogP contribution in [-0.4, -0.2) is 31.2 Å². The molecule has 0 unspecified atom stereocenters. The summed E-state index contributed by atoms with van der Waals surface area (Å²) in [6, 6.07) is 14.3. The SMILES string of the molecule is CCOc1cc(/C=N/NC(=O)c2ccc(Br)cc2)cc(Br)c1OCC(=O)Nc1cc(C)c(C)cc1Br. The molecule has 0 heterocycles. The van der Waals surface area contributed by atoms with Gasteiger partial charge in [0.05, 0.1) is 23.0 Å². The predicted octanol–water partition coefficient (Wildman–Crippen LogP) is 6.77. The number of anilines is 1. The van der Waals surface area contributed by atoms with Crippen molar-refractivity contribution < 1.29 is 19.1 Å². The molecule has 2 amide bonds. The first-order valence-corrected chi connectivity index (χ1v) is 13.3. The van der Waals surface area contributed by atoms with E-state index in [2.05, 4.69) is 63.6 Å². The number of carbonyl (C=O) groups is 2. The van der Waals surface area contributed by atoms with Gasteiger partial charge in [0, 0.05) is 14.5 Å². The topological polar surface area (TPSA) is 89.0 Å². The molecule has 10 heteroatoms. The third-order valence-corrected chi connectivity index (χ3v) is 6.80. The van der Waals surface area contributed by atoms with E-state index in [1.54, 1.807) is 36.4 Å². The van der Waals surface area contributed by atoms with Crippen LogP contribution in [0.5, 0.6) is 11.5 Å². The molecule has 0 saturated heterocycles. The molecule has 0 saturated carbocycles. The number of nitrogens with one attached hydrogen (secondary N) is 2. The Hall–Kier alpha value is -2.69. The molecule has 3 aromatic rings. The van der Waals surface area contributed by atoms with E-state index in [1.165, 1.54) is 6.21 Å². The molecule has 7 nitrogen and oxygen atoms in total. The number of nitrogens with zero attached hydrogens (tertiary/aromatic N) is 1. The summed E-state index contributed by atoms with van der Waals surface area (Å²) in [6.45, 7) is 6.02. The minimum atomic E-state index is -0.329. The maximum absolute atomic E-state index is 12.5. The third kappa shape index (κ3) is 7.65. The van der Waals surface area contributed by atoms with Crippen molar-refractivity contribution in [3.63, 3.8) is 0 Å². The minimum Gasteiger partial charge on any atom is -0.490 e. The van der Waals surface area contributed by atoms with Crippen molar-refractivity contribution in [3.05, 3.63) is 84.2 Å². The molecule has 0 radical (unpaired) electrons. The lowest BCUT2D eigenvalue weighted by molar-refractivity contribution is -0.118. The summed E-state index contributed by atoms with van der Waals surface area (Å²) in [4.78, 5) is 24.8. The van der Waals surface area contributed by atoms with Gasteiger partial charge in [-0.2, -0.15) is 5.10 Å². The van der Waals surface area contributed by atoms with Crippen molar-refractivity contribution in [2.24, 2.45) is 5.10 Å². The highest BCUT2D eigenvalue weighted by Gasteiger charge is 2.15. The zero-order valence-corrected chi connectivity index (χ0v) is 24.6. The van der Waals surface area contributed by atoms with E-state index in [0.717, 1.165) is 20.1 Å². The van der Waals surface area contributed by atoms with Gasteiger partial charge in [0.15, 0.2) is 18.1 Å². The van der Waals surface area contributed by atoms with E-state index in [1.807, 2.05) is 32.9 Å². The number of benzene rings is 3. The normalized spacial score (nSPS) is 10.8. The van der Waals surface area contributed by atoms with Crippen LogP contribution in [0.25, 0.3) is 0 Å². The van der Waals surface area contributed by atoms with Crippen LogP contribution in [0.15, 0.2) is 67.1 Å². The average Bonchev–Trinajstić information content (AvgIpc) is 2.82. The van der Waals surface area contributed by atoms with Gasteiger partial charge in [-0.15, -0.1) is 0 Å². The Morgan fingerprint density at radius 1 is 0.944 bits per heavy atom. The first-order valence-electron chi connectivity index (χ1n) is 10.9. The van der Waals surface area contributed by atoms with Crippen molar-refractivity contribution in [1.82, 2.24) is 5.43 Å². The average molecular weight is 682 g/mol.